The third-order valence-electron chi connectivity index (χ3n) is 1.35. The van der Waals surface area contributed by atoms with E-state index < -0.39 is 12.3 Å². The van der Waals surface area contributed by atoms with Crippen LogP contribution in [-0.2, 0) is 14.3 Å². The molecule has 0 saturated carbocycles. The van der Waals surface area contributed by atoms with Gasteiger partial charge in [0.1, 0.15) is 0 Å². The van der Waals surface area contributed by atoms with E-state index in [1.54, 1.807) is 0 Å². The minimum atomic E-state index is -1.05. The molecule has 4 heteroatoms. The summed E-state index contributed by atoms with van der Waals surface area (Å²) in [6, 6.07) is 0. The second-order valence-electron chi connectivity index (χ2n) is 2.28. The van der Waals surface area contributed by atoms with Gasteiger partial charge in [-0.25, -0.2) is 4.79 Å². The second-order valence-corrected chi connectivity index (χ2v) is 2.28. The van der Waals surface area contributed by atoms with Gasteiger partial charge in [0, 0.05) is 0 Å². The SMILES string of the molecule is C[C@@H]1CCO[C@H](C(=O)O)O1. The fourth-order valence-electron chi connectivity index (χ4n) is 0.789. The molecule has 0 unspecified atom stereocenters. The standard InChI is InChI=1S/C6H10O4/c1-4-2-3-9-6(10-4)5(7)8/h4,6H,2-3H2,1H3,(H,7,8)/t4-,6+/m1/s1. The molecular formula is C6H10O4. The average molecular weight is 146 g/mol. The van der Waals surface area contributed by atoms with Crippen molar-refractivity contribution >= 4 is 5.97 Å². The molecule has 4 nitrogen and oxygen atoms in total. The fraction of sp³-hybridized carbons (Fsp3) is 0.833. The predicted octanol–water partition coefficient (Wildman–Crippen LogP) is 0.222. The average Bonchev–Trinajstić information content (AvgIpc) is 1.88. The number of hydrogen-bond acceptors (Lipinski definition) is 3. The van der Waals surface area contributed by atoms with E-state index in [1.165, 1.54) is 0 Å². The molecule has 1 aliphatic rings. The second kappa shape index (κ2) is 2.98. The summed E-state index contributed by atoms with van der Waals surface area (Å²) in [5.74, 6) is -1.05. The molecule has 0 bridgehead atoms. The predicted molar refractivity (Wildman–Crippen MR) is 32.5 cm³/mol. The van der Waals surface area contributed by atoms with E-state index in [1.807, 2.05) is 6.92 Å². The lowest BCUT2D eigenvalue weighted by Crippen LogP contribution is -2.36. The first kappa shape index (κ1) is 7.50. The lowest BCUT2D eigenvalue weighted by atomic mass is 10.3. The molecule has 1 fully saturated rings. The van der Waals surface area contributed by atoms with Crippen molar-refractivity contribution in [3.8, 4) is 0 Å². The molecule has 0 spiro atoms. The molecule has 0 aromatic carbocycles. The topological polar surface area (TPSA) is 55.8 Å². The Morgan fingerprint density at radius 1 is 1.70 bits per heavy atom. The number of rotatable bonds is 1. The van der Waals surface area contributed by atoms with Gasteiger partial charge in [-0.1, -0.05) is 0 Å². The summed E-state index contributed by atoms with van der Waals surface area (Å²) in [6.45, 7) is 2.30. The van der Waals surface area contributed by atoms with Crippen molar-refractivity contribution in [2.45, 2.75) is 25.7 Å². The largest absolute Gasteiger partial charge is 0.477 e. The van der Waals surface area contributed by atoms with Gasteiger partial charge in [0.2, 0.25) is 0 Å². The number of carboxylic acid groups (broad SMARTS) is 1. The van der Waals surface area contributed by atoms with Crippen molar-refractivity contribution in [3.05, 3.63) is 0 Å². The van der Waals surface area contributed by atoms with Crippen LogP contribution in [0.15, 0.2) is 0 Å². The Hall–Kier alpha value is -0.610. The summed E-state index contributed by atoms with van der Waals surface area (Å²) >= 11 is 0. The van der Waals surface area contributed by atoms with E-state index in [2.05, 4.69) is 0 Å². The van der Waals surface area contributed by atoms with Crippen LogP contribution >= 0.6 is 0 Å². The molecule has 1 saturated heterocycles. The van der Waals surface area contributed by atoms with E-state index in [0.717, 1.165) is 6.42 Å². The van der Waals surface area contributed by atoms with Gasteiger partial charge < -0.3 is 14.6 Å². The first-order valence-electron chi connectivity index (χ1n) is 3.20. The molecule has 0 aromatic rings. The normalized spacial score (nSPS) is 33.7. The van der Waals surface area contributed by atoms with E-state index in [0.29, 0.717) is 6.61 Å². The van der Waals surface area contributed by atoms with E-state index in [-0.39, 0.29) is 6.10 Å². The van der Waals surface area contributed by atoms with Crippen molar-refractivity contribution in [1.82, 2.24) is 0 Å². The van der Waals surface area contributed by atoms with Gasteiger partial charge in [-0.3, -0.25) is 0 Å². The van der Waals surface area contributed by atoms with Crippen LogP contribution < -0.4 is 0 Å². The van der Waals surface area contributed by atoms with Crippen molar-refractivity contribution in [1.29, 1.82) is 0 Å². The number of carboxylic acids is 1. The maximum Gasteiger partial charge on any atom is 0.361 e. The van der Waals surface area contributed by atoms with Gasteiger partial charge in [0.05, 0.1) is 12.7 Å². The highest BCUT2D eigenvalue weighted by Gasteiger charge is 2.25. The number of aliphatic carboxylic acids is 1. The molecule has 1 rings (SSSR count). The van der Waals surface area contributed by atoms with Crippen molar-refractivity contribution in [2.75, 3.05) is 6.61 Å². The van der Waals surface area contributed by atoms with Crippen molar-refractivity contribution in [2.24, 2.45) is 0 Å². The summed E-state index contributed by atoms with van der Waals surface area (Å²) in [6.07, 6.45) is -0.289. The Bertz CT molecular complexity index is 134. The van der Waals surface area contributed by atoms with Gasteiger partial charge >= 0.3 is 5.97 Å². The number of carbonyl (C=O) groups is 1. The zero-order chi connectivity index (χ0) is 7.56. The van der Waals surface area contributed by atoms with Gasteiger partial charge in [-0.2, -0.15) is 0 Å². The molecule has 1 N–H and O–H groups in total. The van der Waals surface area contributed by atoms with E-state index >= 15 is 0 Å². The van der Waals surface area contributed by atoms with Gasteiger partial charge in [-0.15, -0.1) is 0 Å². The molecule has 0 aromatic heterocycles. The number of ether oxygens (including phenoxy) is 2. The minimum Gasteiger partial charge on any atom is -0.477 e. The highest BCUT2D eigenvalue weighted by Crippen LogP contribution is 2.11. The smallest absolute Gasteiger partial charge is 0.361 e. The van der Waals surface area contributed by atoms with Crippen LogP contribution in [0.3, 0.4) is 0 Å². The monoisotopic (exact) mass is 146 g/mol. The molecule has 0 aliphatic carbocycles. The van der Waals surface area contributed by atoms with Crippen LogP contribution in [0.2, 0.25) is 0 Å². The molecule has 0 amide bonds. The molecule has 58 valence electrons. The van der Waals surface area contributed by atoms with Gasteiger partial charge in [0.15, 0.2) is 0 Å². The molecule has 2 atom stereocenters. The highest BCUT2D eigenvalue weighted by molar-refractivity contribution is 5.70. The quantitative estimate of drug-likeness (QED) is 0.575. The van der Waals surface area contributed by atoms with Crippen LogP contribution in [0.1, 0.15) is 13.3 Å². The maximum absolute atomic E-state index is 10.2. The third-order valence-corrected chi connectivity index (χ3v) is 1.35. The Labute approximate surface area is 58.7 Å². The Balaban J connectivity index is 2.39. The Kier molecular flexibility index (Phi) is 2.24. The fourth-order valence-corrected chi connectivity index (χ4v) is 0.789. The zero-order valence-electron chi connectivity index (χ0n) is 5.74. The Morgan fingerprint density at radius 3 is 2.80 bits per heavy atom. The van der Waals surface area contributed by atoms with Crippen LogP contribution in [0.5, 0.6) is 0 Å². The van der Waals surface area contributed by atoms with Crippen molar-refractivity contribution in [3.63, 3.8) is 0 Å². The number of hydrogen-bond donors (Lipinski definition) is 1. The summed E-state index contributed by atoms with van der Waals surface area (Å²) in [5.41, 5.74) is 0. The minimum absolute atomic E-state index is 0.00477. The molecular weight excluding hydrogens is 136 g/mol. The lowest BCUT2D eigenvalue weighted by molar-refractivity contribution is -0.221. The maximum atomic E-state index is 10.2. The van der Waals surface area contributed by atoms with Crippen LogP contribution in [0.25, 0.3) is 0 Å². The molecule has 0 radical (unpaired) electrons. The van der Waals surface area contributed by atoms with Crippen molar-refractivity contribution < 1.29 is 19.4 Å². The summed E-state index contributed by atoms with van der Waals surface area (Å²) in [7, 11) is 0. The zero-order valence-corrected chi connectivity index (χ0v) is 5.74. The third kappa shape index (κ3) is 1.68. The van der Waals surface area contributed by atoms with Crippen LogP contribution in [-0.4, -0.2) is 30.1 Å². The summed E-state index contributed by atoms with van der Waals surface area (Å²) in [4.78, 5) is 10.2. The summed E-state index contributed by atoms with van der Waals surface area (Å²) < 4.78 is 9.71. The Morgan fingerprint density at radius 2 is 2.40 bits per heavy atom. The highest BCUT2D eigenvalue weighted by atomic mass is 16.7. The van der Waals surface area contributed by atoms with Crippen LogP contribution in [0, 0.1) is 0 Å². The lowest BCUT2D eigenvalue weighted by Gasteiger charge is -2.24. The van der Waals surface area contributed by atoms with E-state index in [4.69, 9.17) is 14.6 Å². The first-order valence-corrected chi connectivity index (χ1v) is 3.20. The summed E-state index contributed by atoms with van der Waals surface area (Å²) in [5, 5.41) is 8.41. The first-order chi connectivity index (χ1) is 4.70. The van der Waals surface area contributed by atoms with E-state index in [9.17, 15) is 4.79 Å². The molecule has 1 aliphatic heterocycles. The molecule has 10 heavy (non-hydrogen) atoms. The molecule has 1 heterocycles. The van der Waals surface area contributed by atoms with Crippen LogP contribution in [0.4, 0.5) is 0 Å². The van der Waals surface area contributed by atoms with Gasteiger partial charge in [0.25, 0.3) is 6.29 Å². The van der Waals surface area contributed by atoms with Gasteiger partial charge in [-0.05, 0) is 13.3 Å².